The van der Waals surface area contributed by atoms with Gasteiger partial charge in [-0.05, 0) is 43.4 Å². The van der Waals surface area contributed by atoms with E-state index in [0.717, 1.165) is 0 Å². The van der Waals surface area contributed by atoms with Crippen molar-refractivity contribution in [3.8, 4) is 5.75 Å². The molecule has 3 aromatic rings. The van der Waals surface area contributed by atoms with Gasteiger partial charge in [0, 0.05) is 10.7 Å². The number of anilines is 2. The summed E-state index contributed by atoms with van der Waals surface area (Å²) in [4.78, 5) is 31.7. The molecule has 0 saturated carbocycles. The van der Waals surface area contributed by atoms with Crippen molar-refractivity contribution < 1.29 is 27.5 Å². The summed E-state index contributed by atoms with van der Waals surface area (Å²) in [5.41, 5.74) is 0.953. The molecule has 0 radical (unpaired) electrons. The van der Waals surface area contributed by atoms with Crippen molar-refractivity contribution >= 4 is 45.8 Å². The summed E-state index contributed by atoms with van der Waals surface area (Å²) in [5.74, 6) is -1.51. The fraction of sp³-hybridized carbons (Fsp3) is 0.250. The van der Waals surface area contributed by atoms with Gasteiger partial charge >= 0.3 is 6.18 Å². The molecule has 32 heavy (non-hydrogen) atoms. The van der Waals surface area contributed by atoms with Crippen molar-refractivity contribution in [2.24, 2.45) is 0 Å². The Bertz CT molecular complexity index is 1150. The number of amides is 2. The number of carbonyl (C=O) groups excluding carboxylic acids is 2. The van der Waals surface area contributed by atoms with Crippen molar-refractivity contribution in [2.45, 2.75) is 6.18 Å². The molecule has 2 amide bonds. The van der Waals surface area contributed by atoms with E-state index in [-0.39, 0.29) is 30.0 Å². The molecule has 170 valence electrons. The predicted octanol–water partition coefficient (Wildman–Crippen LogP) is 3.75. The molecule has 1 heterocycles. The van der Waals surface area contributed by atoms with Crippen molar-refractivity contribution in [1.29, 1.82) is 0 Å². The van der Waals surface area contributed by atoms with Crippen LogP contribution in [-0.2, 0) is 15.8 Å². The number of nitrogens with zero attached hydrogens (tertiary/aromatic N) is 2. The standard InChI is InChI=1S/C20H19ClF3N5O3/c1-29(10-18(31)26-15-7-11(21)3-6-16(15)32-2)9-17(30)25-12-4-5-13-14(8-12)28-19(27-13)20(22,23)24/h3-8H,9-10H2,1-2H3,(H,25,30)(H,26,31)(H,27,28). The molecule has 0 spiro atoms. The molecule has 0 bridgehead atoms. The highest BCUT2D eigenvalue weighted by molar-refractivity contribution is 6.31. The van der Waals surface area contributed by atoms with E-state index in [2.05, 4.69) is 20.6 Å². The van der Waals surface area contributed by atoms with Crippen LogP contribution in [0.5, 0.6) is 5.75 Å². The van der Waals surface area contributed by atoms with Gasteiger partial charge in [-0.1, -0.05) is 11.6 Å². The Hall–Kier alpha value is -3.31. The van der Waals surface area contributed by atoms with Crippen LogP contribution in [0.3, 0.4) is 0 Å². The molecule has 1 aromatic heterocycles. The lowest BCUT2D eigenvalue weighted by molar-refractivity contribution is -0.144. The van der Waals surface area contributed by atoms with E-state index in [1.165, 1.54) is 30.2 Å². The molecule has 0 fully saturated rings. The van der Waals surface area contributed by atoms with Gasteiger partial charge < -0.3 is 20.4 Å². The highest BCUT2D eigenvalue weighted by atomic mass is 35.5. The van der Waals surface area contributed by atoms with E-state index in [0.29, 0.717) is 22.1 Å². The van der Waals surface area contributed by atoms with Crippen LogP contribution in [0.1, 0.15) is 5.82 Å². The van der Waals surface area contributed by atoms with Crippen molar-refractivity contribution in [1.82, 2.24) is 14.9 Å². The minimum absolute atomic E-state index is 0.0996. The summed E-state index contributed by atoms with van der Waals surface area (Å²) in [6.07, 6.45) is -4.60. The number of nitrogens with one attached hydrogen (secondary N) is 3. The van der Waals surface area contributed by atoms with Crippen LogP contribution in [0.4, 0.5) is 24.5 Å². The molecule has 0 saturated heterocycles. The topological polar surface area (TPSA) is 99.3 Å². The summed E-state index contributed by atoms with van der Waals surface area (Å²) in [6, 6.07) is 8.94. The van der Waals surface area contributed by atoms with Crippen LogP contribution in [0.15, 0.2) is 36.4 Å². The number of benzene rings is 2. The molecular formula is C20H19ClF3N5O3. The number of rotatable bonds is 7. The maximum atomic E-state index is 12.8. The van der Waals surface area contributed by atoms with Gasteiger partial charge in [0.2, 0.25) is 17.6 Å². The number of hydrogen-bond donors (Lipinski definition) is 3. The number of hydrogen-bond acceptors (Lipinski definition) is 5. The molecule has 3 rings (SSSR count). The minimum atomic E-state index is -4.60. The number of ether oxygens (including phenoxy) is 1. The summed E-state index contributed by atoms with van der Waals surface area (Å²) in [7, 11) is 3.03. The molecule has 0 aliphatic heterocycles. The van der Waals surface area contributed by atoms with Gasteiger partial charge in [-0.2, -0.15) is 13.2 Å². The number of methoxy groups -OCH3 is 1. The Balaban J connectivity index is 1.56. The Morgan fingerprint density at radius 2 is 1.81 bits per heavy atom. The van der Waals surface area contributed by atoms with Gasteiger partial charge in [-0.25, -0.2) is 4.98 Å². The van der Waals surface area contributed by atoms with Crippen LogP contribution in [0, 0.1) is 0 Å². The van der Waals surface area contributed by atoms with Gasteiger partial charge in [0.25, 0.3) is 0 Å². The van der Waals surface area contributed by atoms with Gasteiger partial charge in [0.1, 0.15) is 5.75 Å². The zero-order valence-electron chi connectivity index (χ0n) is 17.0. The van der Waals surface area contributed by atoms with Crippen LogP contribution < -0.4 is 15.4 Å². The Kier molecular flexibility index (Phi) is 6.90. The number of likely N-dealkylation sites (N-methyl/N-ethyl adjacent to an activating group) is 1. The van der Waals surface area contributed by atoms with E-state index in [4.69, 9.17) is 16.3 Å². The van der Waals surface area contributed by atoms with E-state index < -0.39 is 17.9 Å². The average Bonchev–Trinajstić information content (AvgIpc) is 3.11. The number of carbonyl (C=O) groups is 2. The van der Waals surface area contributed by atoms with E-state index in [9.17, 15) is 22.8 Å². The molecule has 12 heteroatoms. The zero-order valence-corrected chi connectivity index (χ0v) is 17.8. The third-order valence-electron chi connectivity index (χ3n) is 4.30. The molecule has 2 aromatic carbocycles. The van der Waals surface area contributed by atoms with Crippen LogP contribution in [0.25, 0.3) is 11.0 Å². The molecule has 3 N–H and O–H groups in total. The third-order valence-corrected chi connectivity index (χ3v) is 4.53. The van der Waals surface area contributed by atoms with Gasteiger partial charge in [0.15, 0.2) is 0 Å². The Morgan fingerprint density at radius 1 is 1.12 bits per heavy atom. The second-order valence-corrected chi connectivity index (χ2v) is 7.36. The first-order valence-corrected chi connectivity index (χ1v) is 9.61. The zero-order chi connectivity index (χ0) is 23.5. The number of halogens is 4. The second kappa shape index (κ2) is 9.45. The van der Waals surface area contributed by atoms with Crippen molar-refractivity contribution in [3.63, 3.8) is 0 Å². The fourth-order valence-corrected chi connectivity index (χ4v) is 3.11. The summed E-state index contributed by atoms with van der Waals surface area (Å²) >= 11 is 5.94. The van der Waals surface area contributed by atoms with Crippen molar-refractivity contribution in [2.75, 3.05) is 37.9 Å². The summed E-state index contributed by atoms with van der Waals surface area (Å²) in [6.45, 7) is -0.230. The summed E-state index contributed by atoms with van der Waals surface area (Å²) < 4.78 is 43.5. The number of H-pyrrole nitrogens is 1. The maximum absolute atomic E-state index is 12.8. The first-order chi connectivity index (χ1) is 15.0. The maximum Gasteiger partial charge on any atom is 0.449 e. The average molecular weight is 470 g/mol. The Labute approximate surface area is 185 Å². The van der Waals surface area contributed by atoms with Crippen LogP contribution in [-0.4, -0.2) is 53.9 Å². The molecule has 0 aliphatic rings. The van der Waals surface area contributed by atoms with Crippen LogP contribution >= 0.6 is 11.6 Å². The first-order valence-electron chi connectivity index (χ1n) is 9.24. The second-order valence-electron chi connectivity index (χ2n) is 6.93. The molecule has 0 aliphatic carbocycles. The quantitative estimate of drug-likeness (QED) is 0.489. The first kappa shape index (κ1) is 23.4. The third kappa shape index (κ3) is 5.89. The SMILES string of the molecule is COc1ccc(Cl)cc1NC(=O)CN(C)CC(=O)Nc1ccc2nc(C(F)(F)F)[nH]c2c1. The number of aromatic amines is 1. The van der Waals surface area contributed by atoms with Gasteiger partial charge in [0.05, 0.1) is 36.9 Å². The van der Waals surface area contributed by atoms with Crippen molar-refractivity contribution in [3.05, 3.63) is 47.2 Å². The smallest absolute Gasteiger partial charge is 0.449 e. The Morgan fingerprint density at radius 3 is 2.47 bits per heavy atom. The van der Waals surface area contributed by atoms with Gasteiger partial charge in [-0.3, -0.25) is 14.5 Å². The predicted molar refractivity (Wildman–Crippen MR) is 114 cm³/mol. The fourth-order valence-electron chi connectivity index (χ4n) is 2.94. The lowest BCUT2D eigenvalue weighted by Crippen LogP contribution is -2.36. The van der Waals surface area contributed by atoms with Crippen LogP contribution in [0.2, 0.25) is 5.02 Å². The normalized spacial score (nSPS) is 11.6. The summed E-state index contributed by atoms with van der Waals surface area (Å²) in [5, 5.41) is 5.67. The van der Waals surface area contributed by atoms with E-state index >= 15 is 0 Å². The van der Waals surface area contributed by atoms with Gasteiger partial charge in [-0.15, -0.1) is 0 Å². The highest BCUT2D eigenvalue weighted by Gasteiger charge is 2.34. The number of aromatic nitrogens is 2. The largest absolute Gasteiger partial charge is 0.495 e. The molecule has 0 atom stereocenters. The van der Waals surface area contributed by atoms with E-state index in [1.54, 1.807) is 25.2 Å². The molecular weight excluding hydrogens is 451 g/mol. The number of imidazole rings is 1. The number of alkyl halides is 3. The highest BCUT2D eigenvalue weighted by Crippen LogP contribution is 2.29. The van der Waals surface area contributed by atoms with E-state index in [1.807, 2.05) is 0 Å². The number of fused-ring (bicyclic) bond motifs is 1. The molecule has 8 nitrogen and oxygen atoms in total. The minimum Gasteiger partial charge on any atom is -0.495 e. The monoisotopic (exact) mass is 469 g/mol. The lowest BCUT2D eigenvalue weighted by atomic mass is 10.2. The molecule has 0 unspecified atom stereocenters. The lowest BCUT2D eigenvalue weighted by Gasteiger charge is -2.17.